The highest BCUT2D eigenvalue weighted by atomic mass is 35.5. The molecular formula is C8H13Cl3N4. The van der Waals surface area contributed by atoms with Gasteiger partial charge in [-0.15, -0.1) is 24.8 Å². The number of hydrogen-bond acceptors (Lipinski definition) is 2. The Labute approximate surface area is 106 Å². The predicted molar refractivity (Wildman–Crippen MR) is 67.8 cm³/mol. The minimum absolute atomic E-state index is 0. The molecule has 1 aromatic carbocycles. The Kier molecular flexibility index (Phi) is 9.61. The molecule has 0 atom stereocenters. The van der Waals surface area contributed by atoms with Gasteiger partial charge in [-0.2, -0.15) is 0 Å². The summed E-state index contributed by atoms with van der Waals surface area (Å²) in [6, 6.07) is 7.42. The predicted octanol–water partition coefficient (Wildman–Crippen LogP) is 1.67. The summed E-state index contributed by atoms with van der Waals surface area (Å²) < 4.78 is 0. The maximum atomic E-state index is 6.88. The highest BCUT2D eigenvalue weighted by Gasteiger charge is 1.92. The zero-order valence-corrected chi connectivity index (χ0v) is 10.2. The first-order chi connectivity index (χ1) is 6.18. The summed E-state index contributed by atoms with van der Waals surface area (Å²) in [5, 5.41) is 7.59. The Morgan fingerprint density at radius 1 is 1.27 bits per heavy atom. The van der Waals surface area contributed by atoms with E-state index in [1.54, 1.807) is 0 Å². The van der Waals surface area contributed by atoms with Crippen LogP contribution in [0.4, 0.5) is 0 Å². The Morgan fingerprint density at radius 2 is 1.80 bits per heavy atom. The van der Waals surface area contributed by atoms with Crippen LogP contribution < -0.4 is 16.6 Å². The number of nitrogens with two attached hydrogens (primary N) is 1. The van der Waals surface area contributed by atoms with Crippen molar-refractivity contribution in [3.05, 3.63) is 34.9 Å². The van der Waals surface area contributed by atoms with E-state index in [0.717, 1.165) is 5.56 Å². The number of nitrogens with one attached hydrogen (secondary N) is 3. The maximum Gasteiger partial charge on any atom is 0.200 e. The van der Waals surface area contributed by atoms with Gasteiger partial charge in [0, 0.05) is 11.6 Å². The minimum Gasteiger partial charge on any atom is -0.369 e. The van der Waals surface area contributed by atoms with Crippen molar-refractivity contribution in [1.29, 1.82) is 5.41 Å². The molecule has 0 fully saturated rings. The zero-order chi connectivity index (χ0) is 9.68. The van der Waals surface area contributed by atoms with Crippen LogP contribution in [-0.2, 0) is 6.54 Å². The smallest absolute Gasteiger partial charge is 0.200 e. The molecule has 7 heteroatoms. The van der Waals surface area contributed by atoms with E-state index in [4.69, 9.17) is 22.7 Å². The first-order valence-corrected chi connectivity index (χ1v) is 4.13. The lowest BCUT2D eigenvalue weighted by Crippen LogP contribution is -2.41. The molecule has 0 unspecified atom stereocenters. The SMILES string of the molecule is Cl.Cl.N=C(N)NNCc1ccc(Cl)cc1. The van der Waals surface area contributed by atoms with Crippen LogP contribution in [0.3, 0.4) is 0 Å². The number of guanidine groups is 1. The molecule has 0 aliphatic rings. The fourth-order valence-electron chi connectivity index (χ4n) is 0.844. The van der Waals surface area contributed by atoms with Crippen LogP contribution in [0.5, 0.6) is 0 Å². The molecule has 0 aromatic heterocycles. The van der Waals surface area contributed by atoms with Gasteiger partial charge in [0.25, 0.3) is 0 Å². The van der Waals surface area contributed by atoms with Crippen LogP contribution >= 0.6 is 36.4 Å². The monoisotopic (exact) mass is 270 g/mol. The van der Waals surface area contributed by atoms with Crippen molar-refractivity contribution >= 4 is 42.4 Å². The second-order valence-corrected chi connectivity index (χ2v) is 2.96. The fraction of sp³-hybridized carbons (Fsp3) is 0.125. The summed E-state index contributed by atoms with van der Waals surface area (Å²) in [4.78, 5) is 0. The number of hydrogen-bond donors (Lipinski definition) is 4. The van der Waals surface area contributed by atoms with Gasteiger partial charge >= 0.3 is 0 Å². The Balaban J connectivity index is 0. The molecule has 0 spiro atoms. The summed E-state index contributed by atoms with van der Waals surface area (Å²) >= 11 is 5.71. The van der Waals surface area contributed by atoms with Gasteiger partial charge in [0.05, 0.1) is 0 Å². The summed E-state index contributed by atoms with van der Waals surface area (Å²) in [5.41, 5.74) is 11.4. The molecular weight excluding hydrogens is 258 g/mol. The first kappa shape index (κ1) is 16.7. The topological polar surface area (TPSA) is 73.9 Å². The van der Waals surface area contributed by atoms with Crippen molar-refractivity contribution < 1.29 is 0 Å². The number of halogens is 3. The van der Waals surface area contributed by atoms with Crippen molar-refractivity contribution in [2.24, 2.45) is 5.73 Å². The number of rotatable bonds is 3. The third-order valence-corrected chi connectivity index (χ3v) is 1.68. The van der Waals surface area contributed by atoms with E-state index in [0.29, 0.717) is 11.6 Å². The van der Waals surface area contributed by atoms with Gasteiger partial charge in [-0.05, 0) is 17.7 Å². The molecule has 4 nitrogen and oxygen atoms in total. The van der Waals surface area contributed by atoms with E-state index in [1.807, 2.05) is 24.3 Å². The maximum absolute atomic E-state index is 6.88. The third kappa shape index (κ3) is 7.27. The second-order valence-electron chi connectivity index (χ2n) is 2.52. The molecule has 0 radical (unpaired) electrons. The third-order valence-electron chi connectivity index (χ3n) is 1.43. The average Bonchev–Trinajstić information content (AvgIpc) is 2.08. The normalized spacial score (nSPS) is 8.33. The standard InChI is InChI=1S/C8H11ClN4.2ClH/c9-7-3-1-6(2-4-7)5-12-13-8(10)11;;/h1-4,12H,5H2,(H4,10,11,13);2*1H. The zero-order valence-electron chi connectivity index (χ0n) is 7.79. The fourth-order valence-corrected chi connectivity index (χ4v) is 0.970. The van der Waals surface area contributed by atoms with E-state index in [-0.39, 0.29) is 30.8 Å². The highest BCUT2D eigenvalue weighted by molar-refractivity contribution is 6.30. The molecule has 86 valence electrons. The van der Waals surface area contributed by atoms with Gasteiger partial charge in [0.15, 0.2) is 5.96 Å². The van der Waals surface area contributed by atoms with Gasteiger partial charge < -0.3 is 5.73 Å². The molecule has 0 aliphatic heterocycles. The molecule has 0 aliphatic carbocycles. The van der Waals surface area contributed by atoms with E-state index in [1.165, 1.54) is 0 Å². The quantitative estimate of drug-likeness (QED) is 0.384. The van der Waals surface area contributed by atoms with Crippen LogP contribution in [0.1, 0.15) is 5.56 Å². The Morgan fingerprint density at radius 3 is 2.27 bits per heavy atom. The molecule has 0 saturated carbocycles. The molecule has 0 heterocycles. The van der Waals surface area contributed by atoms with Crippen LogP contribution in [0, 0.1) is 5.41 Å². The van der Waals surface area contributed by atoms with Crippen LogP contribution in [0.2, 0.25) is 5.02 Å². The Bertz CT molecular complexity index is 288. The van der Waals surface area contributed by atoms with Crippen LogP contribution in [-0.4, -0.2) is 5.96 Å². The minimum atomic E-state index is -0.103. The van der Waals surface area contributed by atoms with Gasteiger partial charge in [0.1, 0.15) is 0 Å². The van der Waals surface area contributed by atoms with Crippen molar-refractivity contribution in [1.82, 2.24) is 10.9 Å². The summed E-state index contributed by atoms with van der Waals surface area (Å²) in [5.74, 6) is -0.103. The summed E-state index contributed by atoms with van der Waals surface area (Å²) in [7, 11) is 0. The van der Waals surface area contributed by atoms with Gasteiger partial charge in [-0.3, -0.25) is 10.8 Å². The van der Waals surface area contributed by atoms with E-state index in [9.17, 15) is 0 Å². The average molecular weight is 272 g/mol. The number of hydrazine groups is 1. The summed E-state index contributed by atoms with van der Waals surface area (Å²) in [6.45, 7) is 0.594. The van der Waals surface area contributed by atoms with E-state index < -0.39 is 0 Å². The molecule has 0 saturated heterocycles. The molecule has 15 heavy (non-hydrogen) atoms. The van der Waals surface area contributed by atoms with Gasteiger partial charge in [-0.1, -0.05) is 23.7 Å². The van der Waals surface area contributed by atoms with Crippen molar-refractivity contribution in [3.8, 4) is 0 Å². The molecule has 1 aromatic rings. The molecule has 0 amide bonds. The molecule has 5 N–H and O–H groups in total. The number of benzene rings is 1. The lowest BCUT2D eigenvalue weighted by molar-refractivity contribution is 0.647. The van der Waals surface area contributed by atoms with Crippen LogP contribution in [0.15, 0.2) is 24.3 Å². The van der Waals surface area contributed by atoms with Crippen LogP contribution in [0.25, 0.3) is 0 Å². The molecule has 0 bridgehead atoms. The summed E-state index contributed by atoms with van der Waals surface area (Å²) in [6.07, 6.45) is 0. The molecule has 1 rings (SSSR count). The lowest BCUT2D eigenvalue weighted by atomic mass is 10.2. The van der Waals surface area contributed by atoms with E-state index >= 15 is 0 Å². The van der Waals surface area contributed by atoms with Gasteiger partial charge in [0.2, 0.25) is 0 Å². The lowest BCUT2D eigenvalue weighted by Gasteiger charge is -2.05. The Hall–Kier alpha value is -0.680. The van der Waals surface area contributed by atoms with Crippen molar-refractivity contribution in [3.63, 3.8) is 0 Å². The highest BCUT2D eigenvalue weighted by Crippen LogP contribution is 2.08. The largest absolute Gasteiger partial charge is 0.369 e. The van der Waals surface area contributed by atoms with Crippen molar-refractivity contribution in [2.45, 2.75) is 6.54 Å². The van der Waals surface area contributed by atoms with E-state index in [2.05, 4.69) is 10.9 Å². The first-order valence-electron chi connectivity index (χ1n) is 3.76. The van der Waals surface area contributed by atoms with Gasteiger partial charge in [-0.25, -0.2) is 5.43 Å². The second kappa shape index (κ2) is 8.61. The van der Waals surface area contributed by atoms with Crippen molar-refractivity contribution in [2.75, 3.05) is 0 Å².